The maximum absolute atomic E-state index is 13.2. The molecule has 1 N–H and O–H groups in total. The first-order valence-electron chi connectivity index (χ1n) is 9.33. The molecule has 0 fully saturated rings. The predicted molar refractivity (Wildman–Crippen MR) is 111 cm³/mol. The van der Waals surface area contributed by atoms with Gasteiger partial charge in [-0.1, -0.05) is 18.2 Å². The Morgan fingerprint density at radius 3 is 2.79 bits per heavy atom. The Labute approximate surface area is 173 Å². The summed E-state index contributed by atoms with van der Waals surface area (Å²) in [6.07, 6.45) is 3.42. The summed E-state index contributed by atoms with van der Waals surface area (Å²) in [6.45, 7) is 1.46. The number of rotatable bonds is 7. The smallest absolute Gasteiger partial charge is 0.255 e. The molecule has 6 nitrogen and oxygen atoms in total. The lowest BCUT2D eigenvalue weighted by Crippen LogP contribution is -2.31. The largest absolute Gasteiger partial charge is 0.383 e. The van der Waals surface area contributed by atoms with Gasteiger partial charge in [-0.2, -0.15) is 0 Å². The zero-order valence-corrected chi connectivity index (χ0v) is 16.8. The van der Waals surface area contributed by atoms with Crippen LogP contribution in [0.15, 0.2) is 60.2 Å². The van der Waals surface area contributed by atoms with Gasteiger partial charge in [0.05, 0.1) is 23.8 Å². The summed E-state index contributed by atoms with van der Waals surface area (Å²) in [5.74, 6) is -0.390. The second-order valence-corrected chi connectivity index (χ2v) is 7.74. The molecule has 1 atom stereocenters. The minimum Gasteiger partial charge on any atom is -0.383 e. The fourth-order valence-corrected chi connectivity index (χ4v) is 4.33. The van der Waals surface area contributed by atoms with Crippen molar-refractivity contribution in [2.45, 2.75) is 12.6 Å². The van der Waals surface area contributed by atoms with Crippen LogP contribution in [0, 0.1) is 0 Å². The highest BCUT2D eigenvalue weighted by Gasteiger charge is 2.32. The molecule has 3 aromatic rings. The number of fused-ring (bicyclic) bond motifs is 1. The van der Waals surface area contributed by atoms with Crippen LogP contribution < -0.4 is 5.32 Å². The normalized spacial score (nSPS) is 14.0. The van der Waals surface area contributed by atoms with Gasteiger partial charge in [0, 0.05) is 37.5 Å². The van der Waals surface area contributed by atoms with Gasteiger partial charge in [0.25, 0.3) is 11.8 Å². The van der Waals surface area contributed by atoms with Gasteiger partial charge in [0.1, 0.15) is 0 Å². The van der Waals surface area contributed by atoms with Crippen molar-refractivity contribution < 1.29 is 14.3 Å². The van der Waals surface area contributed by atoms with Crippen molar-refractivity contribution >= 4 is 23.2 Å². The summed E-state index contributed by atoms with van der Waals surface area (Å²) >= 11 is 1.57. The summed E-state index contributed by atoms with van der Waals surface area (Å²) in [6, 6.07) is 12.9. The number of carbonyl (C=O) groups excluding carboxylic acids is 2. The van der Waals surface area contributed by atoms with E-state index in [9.17, 15) is 9.59 Å². The van der Waals surface area contributed by atoms with Crippen LogP contribution in [0.2, 0.25) is 0 Å². The van der Waals surface area contributed by atoms with Crippen LogP contribution in [-0.4, -0.2) is 42.0 Å². The topological polar surface area (TPSA) is 71.5 Å². The number of hydrogen-bond donors (Lipinski definition) is 1. The van der Waals surface area contributed by atoms with Gasteiger partial charge in [-0.15, -0.1) is 11.3 Å². The van der Waals surface area contributed by atoms with E-state index in [1.807, 2.05) is 41.8 Å². The average Bonchev–Trinajstić information content (AvgIpc) is 3.39. The Bertz CT molecular complexity index is 1010. The molecule has 0 radical (unpaired) electrons. The van der Waals surface area contributed by atoms with Gasteiger partial charge >= 0.3 is 0 Å². The third-order valence-corrected chi connectivity index (χ3v) is 5.90. The summed E-state index contributed by atoms with van der Waals surface area (Å²) in [5.41, 5.74) is 2.70. The van der Waals surface area contributed by atoms with Crippen LogP contribution in [0.4, 0.5) is 0 Å². The lowest BCUT2D eigenvalue weighted by molar-refractivity contribution is 0.0715. The van der Waals surface area contributed by atoms with Gasteiger partial charge in [-0.25, -0.2) is 0 Å². The van der Waals surface area contributed by atoms with Crippen molar-refractivity contribution in [3.8, 4) is 0 Å². The Balaban J connectivity index is 1.63. The monoisotopic (exact) mass is 407 g/mol. The van der Waals surface area contributed by atoms with Crippen LogP contribution >= 0.6 is 11.3 Å². The quantitative estimate of drug-likeness (QED) is 0.653. The average molecular weight is 407 g/mol. The minimum absolute atomic E-state index is 0.126. The molecule has 1 aromatic carbocycles. The number of nitrogens with zero attached hydrogens (tertiary/aromatic N) is 2. The molecule has 1 aliphatic heterocycles. The van der Waals surface area contributed by atoms with Crippen molar-refractivity contribution in [2.75, 3.05) is 20.3 Å². The van der Waals surface area contributed by atoms with E-state index in [0.717, 1.165) is 16.0 Å². The first-order chi connectivity index (χ1) is 14.2. The molecule has 0 spiro atoms. The first kappa shape index (κ1) is 19.3. The van der Waals surface area contributed by atoms with Gasteiger partial charge in [-0.3, -0.25) is 14.6 Å². The third-order valence-electron chi connectivity index (χ3n) is 4.97. The number of ether oxygens (including phenoxy) is 1. The van der Waals surface area contributed by atoms with E-state index < -0.39 is 0 Å². The number of hydrogen-bond acceptors (Lipinski definition) is 5. The number of pyridine rings is 1. The van der Waals surface area contributed by atoms with Gasteiger partial charge in [0.2, 0.25) is 0 Å². The molecule has 29 heavy (non-hydrogen) atoms. The summed E-state index contributed by atoms with van der Waals surface area (Å²) in [7, 11) is 1.61. The number of nitrogens with one attached hydrogen (secondary N) is 1. The second-order valence-electron chi connectivity index (χ2n) is 6.76. The number of amides is 2. The van der Waals surface area contributed by atoms with Crippen molar-refractivity contribution in [1.82, 2.24) is 15.2 Å². The van der Waals surface area contributed by atoms with Crippen LogP contribution in [0.3, 0.4) is 0 Å². The Hall–Kier alpha value is -3.03. The number of carbonyl (C=O) groups is 2. The molecule has 3 heterocycles. The van der Waals surface area contributed by atoms with Crippen LogP contribution in [0.1, 0.15) is 42.8 Å². The summed E-state index contributed by atoms with van der Waals surface area (Å²) in [4.78, 5) is 32.9. The Morgan fingerprint density at radius 1 is 1.24 bits per heavy atom. The first-order valence-corrected chi connectivity index (χ1v) is 10.2. The van der Waals surface area contributed by atoms with E-state index in [2.05, 4.69) is 10.3 Å². The lowest BCUT2D eigenvalue weighted by atomic mass is 10.0. The van der Waals surface area contributed by atoms with E-state index in [-0.39, 0.29) is 17.9 Å². The van der Waals surface area contributed by atoms with E-state index in [1.54, 1.807) is 41.8 Å². The van der Waals surface area contributed by atoms with Crippen molar-refractivity contribution in [1.29, 1.82) is 0 Å². The summed E-state index contributed by atoms with van der Waals surface area (Å²) in [5, 5.41) is 5.09. The molecular weight excluding hydrogens is 386 g/mol. The lowest BCUT2D eigenvalue weighted by Gasteiger charge is -2.19. The summed E-state index contributed by atoms with van der Waals surface area (Å²) < 4.78 is 5.09. The highest BCUT2D eigenvalue weighted by Crippen LogP contribution is 2.29. The van der Waals surface area contributed by atoms with Gasteiger partial charge < -0.3 is 15.0 Å². The van der Waals surface area contributed by atoms with Gasteiger partial charge in [-0.05, 0) is 40.8 Å². The van der Waals surface area contributed by atoms with Crippen LogP contribution in [0.25, 0.3) is 0 Å². The van der Waals surface area contributed by atoms with E-state index in [0.29, 0.717) is 30.8 Å². The van der Waals surface area contributed by atoms with Crippen molar-refractivity contribution in [2.24, 2.45) is 0 Å². The zero-order chi connectivity index (χ0) is 20.2. The molecule has 0 bridgehead atoms. The molecule has 148 valence electrons. The van der Waals surface area contributed by atoms with Crippen LogP contribution in [-0.2, 0) is 11.3 Å². The molecule has 0 saturated carbocycles. The SMILES string of the molecule is COCCN1Cc2cccc(C(=O)NC(c3ccncc3)c3cccs3)c2C1=O. The van der Waals surface area contributed by atoms with E-state index >= 15 is 0 Å². The van der Waals surface area contributed by atoms with E-state index in [4.69, 9.17) is 4.74 Å². The molecule has 2 aromatic heterocycles. The molecule has 7 heteroatoms. The number of benzene rings is 1. The highest BCUT2D eigenvalue weighted by molar-refractivity contribution is 7.10. The fraction of sp³-hybridized carbons (Fsp3) is 0.227. The Kier molecular flexibility index (Phi) is 5.69. The zero-order valence-electron chi connectivity index (χ0n) is 16.0. The fourth-order valence-electron chi connectivity index (χ4n) is 3.53. The van der Waals surface area contributed by atoms with Crippen molar-refractivity contribution in [3.63, 3.8) is 0 Å². The molecule has 0 aliphatic carbocycles. The second kappa shape index (κ2) is 8.55. The number of aromatic nitrogens is 1. The molecule has 4 rings (SSSR count). The molecule has 1 unspecified atom stereocenters. The maximum Gasteiger partial charge on any atom is 0.255 e. The molecule has 1 aliphatic rings. The van der Waals surface area contributed by atoms with E-state index in [1.165, 1.54) is 0 Å². The van der Waals surface area contributed by atoms with Crippen LogP contribution in [0.5, 0.6) is 0 Å². The number of thiophene rings is 1. The maximum atomic E-state index is 13.2. The standard InChI is InChI=1S/C22H21N3O3S/c1-28-12-11-25-14-16-4-2-5-17(19(16)22(25)27)21(26)24-20(18-6-3-13-29-18)15-7-9-23-10-8-15/h2-10,13,20H,11-12,14H2,1H3,(H,24,26). The minimum atomic E-state index is -0.303. The highest BCUT2D eigenvalue weighted by atomic mass is 32.1. The predicted octanol–water partition coefficient (Wildman–Crippen LogP) is 3.26. The number of methoxy groups -OCH3 is 1. The third kappa shape index (κ3) is 3.92. The van der Waals surface area contributed by atoms with Gasteiger partial charge in [0.15, 0.2) is 0 Å². The molecular formula is C22H21N3O3S. The Morgan fingerprint density at radius 2 is 2.07 bits per heavy atom. The molecule has 0 saturated heterocycles. The van der Waals surface area contributed by atoms with Crippen molar-refractivity contribution in [3.05, 3.63) is 87.4 Å². The molecule has 2 amide bonds.